The molecule has 0 fully saturated rings. The molecule has 5 heteroatoms. The summed E-state index contributed by atoms with van der Waals surface area (Å²) in [5.41, 5.74) is 0.526. The average molecular weight is 289 g/mol. The first-order valence-electron chi connectivity index (χ1n) is 6.55. The summed E-state index contributed by atoms with van der Waals surface area (Å²) < 4.78 is 13.6. The molecule has 0 unspecified atom stereocenters. The minimum atomic E-state index is -0.802. The second-order valence-corrected chi connectivity index (χ2v) is 4.68. The van der Waals surface area contributed by atoms with Crippen molar-refractivity contribution in [3.8, 4) is 5.75 Å². The maximum atomic E-state index is 13.6. The number of carbonyl (C=O) groups excluding carboxylic acids is 1. The van der Waals surface area contributed by atoms with Gasteiger partial charge < -0.3 is 15.5 Å². The maximum absolute atomic E-state index is 13.6. The Morgan fingerprint density at radius 3 is 2.48 bits per heavy atom. The van der Waals surface area contributed by atoms with E-state index >= 15 is 0 Å². The van der Waals surface area contributed by atoms with Crippen molar-refractivity contribution in [3.05, 3.63) is 65.5 Å². The Kier molecular flexibility index (Phi) is 4.90. The average Bonchev–Trinajstić information content (AvgIpc) is 2.47. The van der Waals surface area contributed by atoms with E-state index in [1.54, 1.807) is 0 Å². The zero-order chi connectivity index (χ0) is 15.2. The normalized spacial score (nSPS) is 11.9. The van der Waals surface area contributed by atoms with Crippen LogP contribution in [0.25, 0.3) is 0 Å². The Balaban J connectivity index is 2.10. The fourth-order valence-corrected chi connectivity index (χ4v) is 2.05. The van der Waals surface area contributed by atoms with Gasteiger partial charge in [0.05, 0.1) is 12.6 Å². The minimum Gasteiger partial charge on any atom is -0.507 e. The Labute approximate surface area is 121 Å². The number of aliphatic hydroxyl groups is 1. The summed E-state index contributed by atoms with van der Waals surface area (Å²) in [5.74, 6) is -1.98. The molecule has 1 atom stereocenters. The smallest absolute Gasteiger partial charge is 0.258 e. The molecule has 0 aliphatic carbocycles. The molecule has 2 rings (SSSR count). The predicted molar refractivity (Wildman–Crippen MR) is 76.6 cm³/mol. The molecule has 0 radical (unpaired) electrons. The second-order valence-electron chi connectivity index (χ2n) is 4.68. The third kappa shape index (κ3) is 3.79. The Morgan fingerprint density at radius 2 is 1.86 bits per heavy atom. The van der Waals surface area contributed by atoms with Crippen molar-refractivity contribution in [1.82, 2.24) is 5.32 Å². The van der Waals surface area contributed by atoms with Crippen LogP contribution in [0.2, 0.25) is 0 Å². The van der Waals surface area contributed by atoms with E-state index in [0.717, 1.165) is 11.6 Å². The number of phenolic OH excluding ortho intramolecular Hbond substituents is 1. The van der Waals surface area contributed by atoms with Gasteiger partial charge in [-0.05, 0) is 24.1 Å². The molecular formula is C16H16FNO3. The lowest BCUT2D eigenvalue weighted by atomic mass is 10.1. The largest absolute Gasteiger partial charge is 0.507 e. The van der Waals surface area contributed by atoms with Gasteiger partial charge >= 0.3 is 0 Å². The number of benzene rings is 2. The van der Waals surface area contributed by atoms with Gasteiger partial charge in [-0.25, -0.2) is 4.39 Å². The number of nitrogens with one attached hydrogen (secondary N) is 1. The van der Waals surface area contributed by atoms with E-state index in [1.165, 1.54) is 12.1 Å². The van der Waals surface area contributed by atoms with Crippen LogP contribution in [0, 0.1) is 5.82 Å². The number of hydrogen-bond acceptors (Lipinski definition) is 3. The number of aromatic hydroxyl groups is 1. The van der Waals surface area contributed by atoms with Crippen LogP contribution >= 0.6 is 0 Å². The van der Waals surface area contributed by atoms with E-state index in [1.807, 2.05) is 30.3 Å². The first-order valence-corrected chi connectivity index (χ1v) is 6.55. The highest BCUT2D eigenvalue weighted by Gasteiger charge is 2.19. The standard InChI is InChI=1S/C16H16FNO3/c17-13-7-4-8-14(20)15(13)16(21)18-12(10-19)9-11-5-2-1-3-6-11/h1-8,12,19-20H,9-10H2,(H,18,21)/t12-/m1/s1. The zero-order valence-electron chi connectivity index (χ0n) is 11.3. The number of amides is 1. The van der Waals surface area contributed by atoms with Crippen molar-refractivity contribution >= 4 is 5.91 Å². The predicted octanol–water partition coefficient (Wildman–Crippen LogP) is 1.86. The third-order valence-corrected chi connectivity index (χ3v) is 3.10. The van der Waals surface area contributed by atoms with Crippen LogP contribution in [0.1, 0.15) is 15.9 Å². The molecule has 2 aromatic carbocycles. The topological polar surface area (TPSA) is 69.6 Å². The lowest BCUT2D eigenvalue weighted by Gasteiger charge is -2.17. The summed E-state index contributed by atoms with van der Waals surface area (Å²) in [6, 6.07) is 12.4. The Bertz CT molecular complexity index is 596. The summed E-state index contributed by atoms with van der Waals surface area (Å²) in [6.45, 7) is -0.282. The lowest BCUT2D eigenvalue weighted by Crippen LogP contribution is -2.39. The summed E-state index contributed by atoms with van der Waals surface area (Å²) >= 11 is 0. The summed E-state index contributed by atoms with van der Waals surface area (Å²) in [5, 5.41) is 21.4. The van der Waals surface area contributed by atoms with Crippen molar-refractivity contribution in [3.63, 3.8) is 0 Å². The molecule has 2 aromatic rings. The molecule has 21 heavy (non-hydrogen) atoms. The van der Waals surface area contributed by atoms with Crippen LogP contribution in [0.3, 0.4) is 0 Å². The summed E-state index contributed by atoms with van der Waals surface area (Å²) in [7, 11) is 0. The quantitative estimate of drug-likeness (QED) is 0.787. The molecule has 0 aliphatic heterocycles. The third-order valence-electron chi connectivity index (χ3n) is 3.10. The summed E-state index contributed by atoms with van der Waals surface area (Å²) in [6.07, 6.45) is 0.415. The second kappa shape index (κ2) is 6.85. The molecule has 1 amide bonds. The Morgan fingerprint density at radius 1 is 1.14 bits per heavy atom. The highest BCUT2D eigenvalue weighted by atomic mass is 19.1. The molecule has 0 spiro atoms. The van der Waals surface area contributed by atoms with E-state index in [-0.39, 0.29) is 6.61 Å². The number of aliphatic hydroxyl groups excluding tert-OH is 1. The van der Waals surface area contributed by atoms with E-state index in [9.17, 15) is 19.4 Å². The monoisotopic (exact) mass is 289 g/mol. The minimum absolute atomic E-state index is 0.282. The first kappa shape index (κ1) is 15.0. The van der Waals surface area contributed by atoms with Crippen LogP contribution in [-0.4, -0.2) is 28.8 Å². The van der Waals surface area contributed by atoms with Crippen LogP contribution in [0.5, 0.6) is 5.75 Å². The van der Waals surface area contributed by atoms with Crippen LogP contribution in [0.4, 0.5) is 4.39 Å². The van der Waals surface area contributed by atoms with E-state index in [4.69, 9.17) is 0 Å². The molecule has 0 saturated heterocycles. The highest BCUT2D eigenvalue weighted by Crippen LogP contribution is 2.19. The molecule has 0 aliphatic rings. The van der Waals surface area contributed by atoms with Gasteiger partial charge in [0.15, 0.2) is 0 Å². The number of hydrogen-bond donors (Lipinski definition) is 3. The van der Waals surface area contributed by atoms with Crippen LogP contribution in [-0.2, 0) is 6.42 Å². The van der Waals surface area contributed by atoms with Crippen LogP contribution in [0.15, 0.2) is 48.5 Å². The number of phenols is 1. The molecule has 0 saturated carbocycles. The van der Waals surface area contributed by atoms with E-state index in [2.05, 4.69) is 5.32 Å². The molecule has 4 nitrogen and oxygen atoms in total. The molecule has 3 N–H and O–H groups in total. The summed E-state index contributed by atoms with van der Waals surface area (Å²) in [4.78, 5) is 12.0. The van der Waals surface area contributed by atoms with Crippen molar-refractivity contribution < 1.29 is 19.4 Å². The fourth-order valence-electron chi connectivity index (χ4n) is 2.05. The van der Waals surface area contributed by atoms with Gasteiger partial charge in [0.2, 0.25) is 0 Å². The van der Waals surface area contributed by atoms with Gasteiger partial charge in [-0.2, -0.15) is 0 Å². The zero-order valence-corrected chi connectivity index (χ0v) is 11.3. The van der Waals surface area contributed by atoms with Gasteiger partial charge in [0, 0.05) is 0 Å². The van der Waals surface area contributed by atoms with E-state index < -0.39 is 29.1 Å². The maximum Gasteiger partial charge on any atom is 0.258 e. The van der Waals surface area contributed by atoms with E-state index in [0.29, 0.717) is 6.42 Å². The molecule has 0 aromatic heterocycles. The van der Waals surface area contributed by atoms with Crippen molar-refractivity contribution in [2.45, 2.75) is 12.5 Å². The van der Waals surface area contributed by atoms with Gasteiger partial charge in [-0.15, -0.1) is 0 Å². The molecule has 0 bridgehead atoms. The fraction of sp³-hybridized carbons (Fsp3) is 0.188. The van der Waals surface area contributed by atoms with Crippen molar-refractivity contribution in [2.75, 3.05) is 6.61 Å². The highest BCUT2D eigenvalue weighted by molar-refractivity contribution is 5.97. The number of halogens is 1. The lowest BCUT2D eigenvalue weighted by molar-refractivity contribution is 0.0909. The Hall–Kier alpha value is -2.40. The SMILES string of the molecule is O=C(N[C@@H](CO)Cc1ccccc1)c1c(O)cccc1F. The molecular weight excluding hydrogens is 273 g/mol. The number of carbonyl (C=O) groups is 1. The molecule has 110 valence electrons. The van der Waals surface area contributed by atoms with Gasteiger partial charge in [0.25, 0.3) is 5.91 Å². The van der Waals surface area contributed by atoms with Crippen LogP contribution < -0.4 is 5.32 Å². The van der Waals surface area contributed by atoms with Gasteiger partial charge in [-0.3, -0.25) is 4.79 Å². The van der Waals surface area contributed by atoms with Crippen molar-refractivity contribution in [1.29, 1.82) is 0 Å². The van der Waals surface area contributed by atoms with Crippen molar-refractivity contribution in [2.24, 2.45) is 0 Å². The first-order chi connectivity index (χ1) is 10.1. The van der Waals surface area contributed by atoms with Gasteiger partial charge in [-0.1, -0.05) is 36.4 Å². The van der Waals surface area contributed by atoms with Gasteiger partial charge in [0.1, 0.15) is 17.1 Å². The molecule has 0 heterocycles. The number of rotatable bonds is 5.